The second-order valence-corrected chi connectivity index (χ2v) is 9.00. The summed E-state index contributed by atoms with van der Waals surface area (Å²) in [6.45, 7) is 5.10. The highest BCUT2D eigenvalue weighted by atomic mass is 32.2. The number of hydrogen-bond donors (Lipinski definition) is 0. The largest absolute Gasteiger partial charge is 0.339 e. The molecule has 27 heavy (non-hydrogen) atoms. The average Bonchev–Trinajstić information content (AvgIpc) is 3.35. The van der Waals surface area contributed by atoms with Crippen molar-refractivity contribution in [2.24, 2.45) is 0 Å². The number of piperidine rings is 1. The lowest BCUT2D eigenvalue weighted by atomic mass is 10.0. The summed E-state index contributed by atoms with van der Waals surface area (Å²) in [7, 11) is 0. The summed E-state index contributed by atoms with van der Waals surface area (Å²) in [6, 6.07) is 8.19. The maximum atomic E-state index is 13.1. The molecule has 2 atom stereocenters. The van der Waals surface area contributed by atoms with Crippen LogP contribution in [-0.4, -0.2) is 48.5 Å². The summed E-state index contributed by atoms with van der Waals surface area (Å²) in [4.78, 5) is 16.1. The number of nitrogens with zero attached hydrogens (tertiary/aromatic N) is 5. The number of carbonyl (C=O) groups excluding carboxylic acids is 1. The van der Waals surface area contributed by atoms with Crippen molar-refractivity contribution in [3.63, 3.8) is 0 Å². The van der Waals surface area contributed by atoms with E-state index in [-0.39, 0.29) is 11.2 Å². The van der Waals surface area contributed by atoms with Crippen LogP contribution in [0.4, 0.5) is 0 Å². The fourth-order valence-electron chi connectivity index (χ4n) is 3.46. The molecule has 0 aliphatic carbocycles. The third-order valence-electron chi connectivity index (χ3n) is 4.98. The fourth-order valence-corrected chi connectivity index (χ4v) is 5.12. The van der Waals surface area contributed by atoms with Crippen molar-refractivity contribution in [1.82, 2.24) is 24.7 Å². The molecule has 8 heteroatoms. The highest BCUT2D eigenvalue weighted by Gasteiger charge is 2.29. The van der Waals surface area contributed by atoms with E-state index in [1.54, 1.807) is 27.6 Å². The van der Waals surface area contributed by atoms with Gasteiger partial charge in [-0.15, -0.1) is 21.5 Å². The van der Waals surface area contributed by atoms with Crippen LogP contribution in [0.5, 0.6) is 0 Å². The van der Waals surface area contributed by atoms with Crippen LogP contribution in [0.2, 0.25) is 0 Å². The standard InChI is InChI=1S/C19H23N5OS2/c1-3-14(19(25)23-11-5-4-7-13(23)2)27-17-10-9-16-20-21-18(24(16)22-17)15-8-6-12-26-15/h6,8-10,12-14H,3-5,7,11H2,1-2H3/t13?,14-/m1/s1. The first kappa shape index (κ1) is 18.4. The number of hydrogen-bond acceptors (Lipinski definition) is 6. The van der Waals surface area contributed by atoms with E-state index in [1.807, 2.05) is 29.6 Å². The number of amides is 1. The van der Waals surface area contributed by atoms with Gasteiger partial charge < -0.3 is 4.90 Å². The van der Waals surface area contributed by atoms with Gasteiger partial charge in [-0.2, -0.15) is 9.61 Å². The molecule has 0 spiro atoms. The predicted octanol–water partition coefficient (Wildman–Crippen LogP) is 4.12. The van der Waals surface area contributed by atoms with Gasteiger partial charge in [-0.1, -0.05) is 24.8 Å². The first-order chi connectivity index (χ1) is 13.2. The number of thiophene rings is 1. The average molecular weight is 402 g/mol. The number of fused-ring (bicyclic) bond motifs is 1. The molecular weight excluding hydrogens is 378 g/mol. The van der Waals surface area contributed by atoms with E-state index in [1.165, 1.54) is 6.42 Å². The van der Waals surface area contributed by atoms with Crippen molar-refractivity contribution in [1.29, 1.82) is 0 Å². The van der Waals surface area contributed by atoms with Gasteiger partial charge in [0, 0.05) is 12.6 Å². The van der Waals surface area contributed by atoms with Crippen LogP contribution in [0.3, 0.4) is 0 Å². The molecule has 1 aliphatic rings. The van der Waals surface area contributed by atoms with Crippen molar-refractivity contribution in [3.8, 4) is 10.7 Å². The van der Waals surface area contributed by atoms with Crippen molar-refractivity contribution >= 4 is 34.7 Å². The lowest BCUT2D eigenvalue weighted by Gasteiger charge is -2.35. The van der Waals surface area contributed by atoms with Crippen molar-refractivity contribution in [2.75, 3.05) is 6.54 Å². The van der Waals surface area contributed by atoms with Gasteiger partial charge in [-0.05, 0) is 56.2 Å². The summed E-state index contributed by atoms with van der Waals surface area (Å²) in [5.74, 6) is 0.977. The van der Waals surface area contributed by atoms with Crippen LogP contribution in [0.1, 0.15) is 39.5 Å². The predicted molar refractivity (Wildman–Crippen MR) is 109 cm³/mol. The number of aromatic nitrogens is 4. The molecule has 0 aromatic carbocycles. The number of thioether (sulfide) groups is 1. The highest BCUT2D eigenvalue weighted by Crippen LogP contribution is 2.29. The van der Waals surface area contributed by atoms with Crippen LogP contribution in [-0.2, 0) is 4.79 Å². The quantitative estimate of drug-likeness (QED) is 0.602. The van der Waals surface area contributed by atoms with Crippen molar-refractivity contribution in [3.05, 3.63) is 29.6 Å². The Labute approximate surface area is 167 Å². The van der Waals surface area contributed by atoms with E-state index in [9.17, 15) is 4.79 Å². The molecule has 1 unspecified atom stereocenters. The third-order valence-corrected chi connectivity index (χ3v) is 7.12. The normalized spacial score (nSPS) is 18.7. The molecule has 3 aromatic heterocycles. The lowest BCUT2D eigenvalue weighted by molar-refractivity contribution is -0.133. The Bertz CT molecular complexity index is 923. The second-order valence-electron chi connectivity index (χ2n) is 6.83. The molecule has 6 nitrogen and oxygen atoms in total. The van der Waals surface area contributed by atoms with Crippen molar-refractivity contribution < 1.29 is 4.79 Å². The van der Waals surface area contributed by atoms with Gasteiger partial charge in [0.25, 0.3) is 0 Å². The summed E-state index contributed by atoms with van der Waals surface area (Å²) in [5, 5.41) is 15.9. The van der Waals surface area contributed by atoms with E-state index in [2.05, 4.69) is 28.9 Å². The van der Waals surface area contributed by atoms with E-state index in [0.717, 1.165) is 41.5 Å². The van der Waals surface area contributed by atoms with E-state index in [4.69, 9.17) is 5.10 Å². The zero-order valence-corrected chi connectivity index (χ0v) is 17.2. The topological polar surface area (TPSA) is 63.4 Å². The zero-order chi connectivity index (χ0) is 18.8. The van der Waals surface area contributed by atoms with Gasteiger partial charge in [0.05, 0.1) is 10.1 Å². The SMILES string of the molecule is CC[C@@H](Sc1ccc2nnc(-c3cccs3)n2n1)C(=O)N1CCCCC1C. The molecule has 1 saturated heterocycles. The molecular formula is C19H23N5OS2. The molecule has 142 valence electrons. The molecule has 3 aromatic rings. The minimum absolute atomic E-state index is 0.114. The fraction of sp³-hybridized carbons (Fsp3) is 0.474. The maximum Gasteiger partial charge on any atom is 0.236 e. The molecule has 0 N–H and O–H groups in total. The number of likely N-dealkylation sites (tertiary alicyclic amines) is 1. The molecule has 1 aliphatic heterocycles. The summed E-state index contributed by atoms with van der Waals surface area (Å²) in [6.07, 6.45) is 4.20. The van der Waals surface area contributed by atoms with Crippen LogP contribution in [0.25, 0.3) is 16.3 Å². The smallest absolute Gasteiger partial charge is 0.236 e. The van der Waals surface area contributed by atoms with Gasteiger partial charge in [0.15, 0.2) is 11.5 Å². The van der Waals surface area contributed by atoms with E-state index >= 15 is 0 Å². The first-order valence-corrected chi connectivity index (χ1v) is 11.2. The van der Waals surface area contributed by atoms with Crippen LogP contribution in [0, 0.1) is 0 Å². The van der Waals surface area contributed by atoms with Crippen LogP contribution < -0.4 is 0 Å². The maximum absolute atomic E-state index is 13.1. The summed E-state index contributed by atoms with van der Waals surface area (Å²) < 4.78 is 1.77. The molecule has 0 saturated carbocycles. The Hall–Kier alpha value is -1.93. The molecule has 0 bridgehead atoms. The Balaban J connectivity index is 1.58. The second kappa shape index (κ2) is 7.98. The highest BCUT2D eigenvalue weighted by molar-refractivity contribution is 8.00. The number of rotatable bonds is 5. The molecule has 1 fully saturated rings. The lowest BCUT2D eigenvalue weighted by Crippen LogP contribution is -2.46. The Morgan fingerprint density at radius 1 is 1.33 bits per heavy atom. The Morgan fingerprint density at radius 2 is 2.22 bits per heavy atom. The zero-order valence-electron chi connectivity index (χ0n) is 15.5. The van der Waals surface area contributed by atoms with Gasteiger partial charge in [0.2, 0.25) is 5.91 Å². The minimum atomic E-state index is -0.114. The Kier molecular flexibility index (Phi) is 5.45. The summed E-state index contributed by atoms with van der Waals surface area (Å²) in [5.41, 5.74) is 0.715. The van der Waals surface area contributed by atoms with Crippen molar-refractivity contribution in [2.45, 2.75) is 55.8 Å². The monoisotopic (exact) mass is 401 g/mol. The van der Waals surface area contributed by atoms with E-state index in [0.29, 0.717) is 11.7 Å². The number of carbonyl (C=O) groups is 1. The van der Waals surface area contributed by atoms with Gasteiger partial charge in [-0.3, -0.25) is 4.79 Å². The van der Waals surface area contributed by atoms with E-state index < -0.39 is 0 Å². The van der Waals surface area contributed by atoms with Gasteiger partial charge in [0.1, 0.15) is 5.03 Å². The third kappa shape index (κ3) is 3.73. The minimum Gasteiger partial charge on any atom is -0.339 e. The summed E-state index contributed by atoms with van der Waals surface area (Å²) >= 11 is 3.15. The Morgan fingerprint density at radius 3 is 2.96 bits per heavy atom. The van der Waals surface area contributed by atoms with Crippen LogP contribution in [0.15, 0.2) is 34.7 Å². The van der Waals surface area contributed by atoms with Gasteiger partial charge >= 0.3 is 0 Å². The molecule has 0 radical (unpaired) electrons. The van der Waals surface area contributed by atoms with Gasteiger partial charge in [-0.25, -0.2) is 0 Å². The molecule has 4 heterocycles. The molecule has 4 rings (SSSR count). The van der Waals surface area contributed by atoms with Crippen LogP contribution >= 0.6 is 23.1 Å². The first-order valence-electron chi connectivity index (χ1n) is 9.41. The molecule has 1 amide bonds.